The number of anilines is 1. The van der Waals surface area contributed by atoms with Crippen LogP contribution < -0.4 is 10.1 Å². The molecule has 3 rings (SSSR count). The molecule has 0 saturated carbocycles. The number of benzene rings is 2. The molecule has 2 aromatic rings. The standard InChI is InChI=1S/C18H19IN2O4S/c1-25-17-9-4-13(12-16(17)19)18(22)20-14-5-7-15(8-6-14)26(23,24)21-10-2-3-11-21/h4-9,12H,2-3,10-11H2,1H3,(H,20,22). The Bertz CT molecular complexity index is 907. The summed E-state index contributed by atoms with van der Waals surface area (Å²) < 4.78 is 32.5. The quantitative estimate of drug-likeness (QED) is 0.659. The summed E-state index contributed by atoms with van der Waals surface area (Å²) in [4.78, 5) is 12.6. The first-order valence-corrected chi connectivity index (χ1v) is 10.7. The van der Waals surface area contributed by atoms with Gasteiger partial charge < -0.3 is 10.1 Å². The van der Waals surface area contributed by atoms with Crippen molar-refractivity contribution in [3.8, 4) is 5.75 Å². The fourth-order valence-electron chi connectivity index (χ4n) is 2.80. The Labute approximate surface area is 166 Å². The normalized spacial score (nSPS) is 15.0. The summed E-state index contributed by atoms with van der Waals surface area (Å²) in [5, 5.41) is 2.78. The number of nitrogens with zero attached hydrogens (tertiary/aromatic N) is 1. The molecule has 0 bridgehead atoms. The van der Waals surface area contributed by atoms with E-state index in [4.69, 9.17) is 4.74 Å². The van der Waals surface area contributed by atoms with Crippen LogP contribution in [0, 0.1) is 3.57 Å². The van der Waals surface area contributed by atoms with Gasteiger partial charge in [-0.25, -0.2) is 8.42 Å². The highest BCUT2D eigenvalue weighted by atomic mass is 127. The Balaban J connectivity index is 1.73. The minimum Gasteiger partial charge on any atom is -0.496 e. The summed E-state index contributed by atoms with van der Waals surface area (Å²) in [5.41, 5.74) is 1.05. The smallest absolute Gasteiger partial charge is 0.255 e. The topological polar surface area (TPSA) is 75.7 Å². The number of rotatable bonds is 5. The molecular weight excluding hydrogens is 467 g/mol. The third-order valence-corrected chi connectivity index (χ3v) is 6.98. The SMILES string of the molecule is COc1ccc(C(=O)Nc2ccc(S(=O)(=O)N3CCCC3)cc2)cc1I. The second-order valence-electron chi connectivity index (χ2n) is 5.94. The third-order valence-electron chi connectivity index (χ3n) is 4.23. The van der Waals surface area contributed by atoms with E-state index in [9.17, 15) is 13.2 Å². The minimum absolute atomic E-state index is 0.247. The number of nitrogens with one attached hydrogen (secondary N) is 1. The van der Waals surface area contributed by atoms with Crippen molar-refractivity contribution in [3.05, 3.63) is 51.6 Å². The predicted octanol–water partition coefficient (Wildman–Crippen LogP) is 3.34. The zero-order valence-corrected chi connectivity index (χ0v) is 17.2. The zero-order valence-electron chi connectivity index (χ0n) is 14.2. The van der Waals surface area contributed by atoms with E-state index in [0.29, 0.717) is 30.1 Å². The molecule has 1 aliphatic heterocycles. The van der Waals surface area contributed by atoms with E-state index in [1.807, 2.05) is 0 Å². The third kappa shape index (κ3) is 4.02. The summed E-state index contributed by atoms with van der Waals surface area (Å²) in [6.45, 7) is 1.13. The van der Waals surface area contributed by atoms with Gasteiger partial charge in [-0.3, -0.25) is 4.79 Å². The first-order valence-electron chi connectivity index (χ1n) is 8.17. The summed E-state index contributed by atoms with van der Waals surface area (Å²) in [5.74, 6) is 0.444. The highest BCUT2D eigenvalue weighted by Crippen LogP contribution is 2.24. The lowest BCUT2D eigenvalue weighted by atomic mass is 10.2. The molecule has 0 unspecified atom stereocenters. The van der Waals surface area contributed by atoms with E-state index >= 15 is 0 Å². The fourth-order valence-corrected chi connectivity index (χ4v) is 5.05. The van der Waals surface area contributed by atoms with Gasteiger partial charge in [0.05, 0.1) is 15.6 Å². The van der Waals surface area contributed by atoms with Gasteiger partial charge in [0.15, 0.2) is 0 Å². The zero-order chi connectivity index (χ0) is 18.7. The molecule has 0 aliphatic carbocycles. The maximum absolute atomic E-state index is 12.5. The van der Waals surface area contributed by atoms with Crippen LogP contribution in [-0.4, -0.2) is 38.8 Å². The fraction of sp³-hybridized carbons (Fsp3) is 0.278. The van der Waals surface area contributed by atoms with E-state index < -0.39 is 10.0 Å². The molecule has 26 heavy (non-hydrogen) atoms. The van der Waals surface area contributed by atoms with Crippen molar-refractivity contribution in [1.29, 1.82) is 0 Å². The number of methoxy groups -OCH3 is 1. The molecule has 1 saturated heterocycles. The van der Waals surface area contributed by atoms with Gasteiger partial charge in [-0.1, -0.05) is 0 Å². The number of amides is 1. The van der Waals surface area contributed by atoms with E-state index in [2.05, 4.69) is 27.9 Å². The maximum atomic E-state index is 12.5. The van der Waals surface area contributed by atoms with Crippen molar-refractivity contribution in [2.45, 2.75) is 17.7 Å². The van der Waals surface area contributed by atoms with Gasteiger partial charge in [0.2, 0.25) is 10.0 Å². The van der Waals surface area contributed by atoms with E-state index in [1.165, 1.54) is 16.4 Å². The number of hydrogen-bond acceptors (Lipinski definition) is 4. The molecule has 6 nitrogen and oxygen atoms in total. The molecular formula is C18H19IN2O4S. The Morgan fingerprint density at radius 3 is 2.35 bits per heavy atom. The second-order valence-corrected chi connectivity index (χ2v) is 9.04. The molecule has 0 aromatic heterocycles. The van der Waals surface area contributed by atoms with Gasteiger partial charge in [-0.15, -0.1) is 0 Å². The van der Waals surface area contributed by atoms with E-state index in [-0.39, 0.29) is 10.8 Å². The van der Waals surface area contributed by atoms with Crippen molar-refractivity contribution in [2.75, 3.05) is 25.5 Å². The number of sulfonamides is 1. The molecule has 1 fully saturated rings. The van der Waals surface area contributed by atoms with Crippen molar-refractivity contribution in [3.63, 3.8) is 0 Å². The van der Waals surface area contributed by atoms with Crippen molar-refractivity contribution >= 4 is 44.2 Å². The van der Waals surface area contributed by atoms with Gasteiger partial charge in [0.1, 0.15) is 5.75 Å². The maximum Gasteiger partial charge on any atom is 0.255 e. The Hall–Kier alpha value is -1.65. The first-order chi connectivity index (χ1) is 12.4. The summed E-state index contributed by atoms with van der Waals surface area (Å²) in [6.07, 6.45) is 1.79. The lowest BCUT2D eigenvalue weighted by molar-refractivity contribution is 0.102. The summed E-state index contributed by atoms with van der Waals surface area (Å²) in [6, 6.07) is 11.4. The number of hydrogen-bond donors (Lipinski definition) is 1. The van der Waals surface area contributed by atoms with Crippen LogP contribution in [0.1, 0.15) is 23.2 Å². The molecule has 2 aromatic carbocycles. The van der Waals surface area contributed by atoms with Crippen LogP contribution in [0.3, 0.4) is 0 Å². The lowest BCUT2D eigenvalue weighted by Crippen LogP contribution is -2.27. The van der Waals surface area contributed by atoms with Crippen LogP contribution in [-0.2, 0) is 10.0 Å². The van der Waals surface area contributed by atoms with Gasteiger partial charge in [-0.05, 0) is 77.9 Å². The van der Waals surface area contributed by atoms with Crippen molar-refractivity contribution in [1.82, 2.24) is 4.31 Å². The first kappa shape index (κ1) is 19.1. The molecule has 1 N–H and O–H groups in total. The second kappa shape index (κ2) is 7.93. The average molecular weight is 486 g/mol. The van der Waals surface area contributed by atoms with Crippen LogP contribution in [0.4, 0.5) is 5.69 Å². The number of ether oxygens (including phenoxy) is 1. The number of carbonyl (C=O) groups excluding carboxylic acids is 1. The largest absolute Gasteiger partial charge is 0.496 e. The molecule has 0 radical (unpaired) electrons. The van der Waals surface area contributed by atoms with E-state index in [1.54, 1.807) is 37.4 Å². The van der Waals surface area contributed by atoms with Gasteiger partial charge in [0, 0.05) is 24.3 Å². The van der Waals surface area contributed by atoms with Crippen LogP contribution in [0.5, 0.6) is 5.75 Å². The molecule has 1 aliphatic rings. The molecule has 1 heterocycles. The van der Waals surface area contributed by atoms with Crippen LogP contribution in [0.15, 0.2) is 47.4 Å². The van der Waals surface area contributed by atoms with Crippen molar-refractivity contribution < 1.29 is 17.9 Å². The van der Waals surface area contributed by atoms with E-state index in [0.717, 1.165) is 16.4 Å². The lowest BCUT2D eigenvalue weighted by Gasteiger charge is -2.15. The Kier molecular flexibility index (Phi) is 5.83. The Morgan fingerprint density at radius 2 is 1.77 bits per heavy atom. The average Bonchev–Trinajstić information content (AvgIpc) is 3.17. The molecule has 0 spiro atoms. The number of carbonyl (C=O) groups is 1. The highest BCUT2D eigenvalue weighted by Gasteiger charge is 2.26. The van der Waals surface area contributed by atoms with Gasteiger partial charge >= 0.3 is 0 Å². The molecule has 8 heteroatoms. The van der Waals surface area contributed by atoms with Crippen LogP contribution in [0.2, 0.25) is 0 Å². The predicted molar refractivity (Wildman–Crippen MR) is 108 cm³/mol. The molecule has 138 valence electrons. The summed E-state index contributed by atoms with van der Waals surface area (Å²) >= 11 is 2.11. The van der Waals surface area contributed by atoms with Gasteiger partial charge in [-0.2, -0.15) is 4.31 Å². The highest BCUT2D eigenvalue weighted by molar-refractivity contribution is 14.1. The minimum atomic E-state index is -3.44. The molecule has 1 amide bonds. The van der Waals surface area contributed by atoms with Crippen LogP contribution in [0.25, 0.3) is 0 Å². The molecule has 0 atom stereocenters. The van der Waals surface area contributed by atoms with Crippen molar-refractivity contribution in [2.24, 2.45) is 0 Å². The van der Waals surface area contributed by atoms with Gasteiger partial charge in [0.25, 0.3) is 5.91 Å². The monoisotopic (exact) mass is 486 g/mol. The Morgan fingerprint density at radius 1 is 1.12 bits per heavy atom. The van der Waals surface area contributed by atoms with Crippen LogP contribution >= 0.6 is 22.6 Å². The summed E-state index contributed by atoms with van der Waals surface area (Å²) in [7, 11) is -1.87. The number of halogens is 1.